The van der Waals surface area contributed by atoms with E-state index in [4.69, 9.17) is 14.2 Å². The average Bonchev–Trinajstić information content (AvgIpc) is 3.07. The van der Waals surface area contributed by atoms with Crippen LogP contribution < -0.4 is 19.6 Å². The molecule has 1 amide bonds. The summed E-state index contributed by atoms with van der Waals surface area (Å²) in [5, 5.41) is 3.76. The number of nitrogens with zero attached hydrogens (tertiary/aromatic N) is 1. The lowest BCUT2D eigenvalue weighted by Crippen LogP contribution is -2.18. The van der Waals surface area contributed by atoms with E-state index in [9.17, 15) is 18.0 Å². The fourth-order valence-electron chi connectivity index (χ4n) is 2.28. The monoisotopic (exact) mass is 366 g/mol. The van der Waals surface area contributed by atoms with Gasteiger partial charge in [0.1, 0.15) is 5.75 Å². The second kappa shape index (κ2) is 6.95. The molecule has 0 saturated heterocycles. The van der Waals surface area contributed by atoms with Crippen molar-refractivity contribution in [3.8, 4) is 17.2 Å². The van der Waals surface area contributed by atoms with E-state index in [1.807, 2.05) is 0 Å². The third kappa shape index (κ3) is 3.71. The molecule has 6 nitrogen and oxygen atoms in total. The number of halogens is 3. The van der Waals surface area contributed by atoms with Gasteiger partial charge in [0.2, 0.25) is 6.79 Å². The highest BCUT2D eigenvalue weighted by molar-refractivity contribution is 5.95. The maximum absolute atomic E-state index is 12.7. The number of rotatable bonds is 4. The first-order chi connectivity index (χ1) is 12.4. The van der Waals surface area contributed by atoms with E-state index in [0.29, 0.717) is 22.8 Å². The predicted molar refractivity (Wildman–Crippen MR) is 85.6 cm³/mol. The molecule has 0 unspecified atom stereocenters. The molecule has 0 fully saturated rings. The fraction of sp³-hybridized carbons (Fsp3) is 0.176. The van der Waals surface area contributed by atoms with E-state index >= 15 is 0 Å². The number of nitrogens with one attached hydrogen (secondary N) is 1. The van der Waals surface area contributed by atoms with Gasteiger partial charge >= 0.3 is 6.18 Å². The van der Waals surface area contributed by atoms with Gasteiger partial charge in [-0.3, -0.25) is 4.79 Å². The molecule has 0 aliphatic carbocycles. The first kappa shape index (κ1) is 17.6. The van der Waals surface area contributed by atoms with Gasteiger partial charge in [0.15, 0.2) is 11.5 Å². The highest BCUT2D eigenvalue weighted by Crippen LogP contribution is 2.37. The van der Waals surface area contributed by atoms with Crippen molar-refractivity contribution in [1.82, 2.24) is 5.43 Å². The molecule has 26 heavy (non-hydrogen) atoms. The molecule has 0 atom stereocenters. The summed E-state index contributed by atoms with van der Waals surface area (Å²) >= 11 is 0. The standard InChI is InChI=1S/C17H13F3N2O4/c1-24-13-7-15-14(25-9-26-15)6-11(13)8-21-22-16(23)10-3-2-4-12(5-10)17(18,19)20/h2-8H,9H2,1H3,(H,22,23). The molecule has 136 valence electrons. The fourth-order valence-corrected chi connectivity index (χ4v) is 2.28. The van der Waals surface area contributed by atoms with Crippen molar-refractivity contribution in [2.45, 2.75) is 6.18 Å². The molecule has 1 N–H and O–H groups in total. The molecular weight excluding hydrogens is 353 g/mol. The number of hydrogen-bond donors (Lipinski definition) is 1. The zero-order valence-electron chi connectivity index (χ0n) is 13.5. The van der Waals surface area contributed by atoms with Gasteiger partial charge in [-0.05, 0) is 24.3 Å². The van der Waals surface area contributed by atoms with Crippen LogP contribution in [0.2, 0.25) is 0 Å². The molecule has 0 bridgehead atoms. The minimum atomic E-state index is -4.53. The van der Waals surface area contributed by atoms with Crippen LogP contribution in [0.5, 0.6) is 17.2 Å². The number of amides is 1. The van der Waals surface area contributed by atoms with Crippen LogP contribution in [0.1, 0.15) is 21.5 Å². The first-order valence-electron chi connectivity index (χ1n) is 7.37. The number of methoxy groups -OCH3 is 1. The largest absolute Gasteiger partial charge is 0.496 e. The Morgan fingerprint density at radius 1 is 1.23 bits per heavy atom. The number of benzene rings is 2. The van der Waals surface area contributed by atoms with Crippen LogP contribution in [-0.4, -0.2) is 26.0 Å². The SMILES string of the molecule is COc1cc2c(cc1C=NNC(=O)c1cccc(C(F)(F)F)c1)OCO2. The molecule has 1 aliphatic heterocycles. The quantitative estimate of drug-likeness (QED) is 0.666. The summed E-state index contributed by atoms with van der Waals surface area (Å²) in [7, 11) is 1.45. The lowest BCUT2D eigenvalue weighted by molar-refractivity contribution is -0.137. The molecule has 0 radical (unpaired) electrons. The van der Waals surface area contributed by atoms with Gasteiger partial charge in [-0.2, -0.15) is 18.3 Å². The highest BCUT2D eigenvalue weighted by atomic mass is 19.4. The highest BCUT2D eigenvalue weighted by Gasteiger charge is 2.30. The van der Waals surface area contributed by atoms with Crippen LogP contribution in [-0.2, 0) is 6.18 Å². The zero-order chi connectivity index (χ0) is 18.7. The van der Waals surface area contributed by atoms with Crippen LogP contribution in [0.25, 0.3) is 0 Å². The second-order valence-corrected chi connectivity index (χ2v) is 5.23. The van der Waals surface area contributed by atoms with Crippen molar-refractivity contribution < 1.29 is 32.2 Å². The average molecular weight is 366 g/mol. The number of ether oxygens (including phenoxy) is 3. The van der Waals surface area contributed by atoms with Crippen molar-refractivity contribution >= 4 is 12.1 Å². The Balaban J connectivity index is 1.74. The Kier molecular flexibility index (Phi) is 4.70. The van der Waals surface area contributed by atoms with Crippen molar-refractivity contribution in [3.05, 3.63) is 53.1 Å². The van der Waals surface area contributed by atoms with Gasteiger partial charge in [0.25, 0.3) is 5.91 Å². The number of alkyl halides is 3. The summed E-state index contributed by atoms with van der Waals surface area (Å²) in [6.45, 7) is 0.0887. The van der Waals surface area contributed by atoms with E-state index in [-0.39, 0.29) is 12.4 Å². The Hall–Kier alpha value is -3.23. The Labute approximate surface area is 146 Å². The normalized spacial score (nSPS) is 13.1. The molecule has 0 saturated carbocycles. The molecule has 0 aromatic heterocycles. The van der Waals surface area contributed by atoms with Gasteiger partial charge < -0.3 is 14.2 Å². The molecular formula is C17H13F3N2O4. The topological polar surface area (TPSA) is 69.2 Å². The number of carbonyl (C=O) groups excluding carboxylic acids is 1. The molecule has 1 heterocycles. The molecule has 2 aromatic carbocycles. The molecule has 0 spiro atoms. The second-order valence-electron chi connectivity index (χ2n) is 5.23. The molecule has 9 heteroatoms. The third-order valence-electron chi connectivity index (χ3n) is 3.55. The van der Waals surface area contributed by atoms with Gasteiger partial charge in [0, 0.05) is 17.2 Å². The Bertz CT molecular complexity index is 866. The smallest absolute Gasteiger partial charge is 0.416 e. The van der Waals surface area contributed by atoms with Crippen molar-refractivity contribution in [1.29, 1.82) is 0 Å². The maximum Gasteiger partial charge on any atom is 0.416 e. The number of fused-ring (bicyclic) bond motifs is 1. The maximum atomic E-state index is 12.7. The van der Waals surface area contributed by atoms with Gasteiger partial charge in [-0.1, -0.05) is 6.07 Å². The van der Waals surface area contributed by atoms with Crippen molar-refractivity contribution in [3.63, 3.8) is 0 Å². The summed E-state index contributed by atoms with van der Waals surface area (Å²) in [6, 6.07) is 7.28. The first-order valence-corrected chi connectivity index (χ1v) is 7.37. The summed E-state index contributed by atoms with van der Waals surface area (Å²) in [5.41, 5.74) is 1.61. The van der Waals surface area contributed by atoms with E-state index in [1.165, 1.54) is 19.4 Å². The Morgan fingerprint density at radius 3 is 2.65 bits per heavy atom. The lowest BCUT2D eigenvalue weighted by atomic mass is 10.1. The van der Waals surface area contributed by atoms with E-state index in [2.05, 4.69) is 10.5 Å². The van der Waals surface area contributed by atoms with Crippen molar-refractivity contribution in [2.24, 2.45) is 5.10 Å². The third-order valence-corrected chi connectivity index (χ3v) is 3.55. The lowest BCUT2D eigenvalue weighted by Gasteiger charge is -2.08. The van der Waals surface area contributed by atoms with Crippen molar-refractivity contribution in [2.75, 3.05) is 13.9 Å². The molecule has 1 aliphatic rings. The minimum absolute atomic E-state index is 0.0887. The number of hydrogen-bond acceptors (Lipinski definition) is 5. The van der Waals surface area contributed by atoms with Gasteiger partial charge in [-0.25, -0.2) is 5.43 Å². The van der Waals surface area contributed by atoms with Crippen LogP contribution in [0, 0.1) is 0 Å². The van der Waals surface area contributed by atoms with Crippen LogP contribution >= 0.6 is 0 Å². The predicted octanol–water partition coefficient (Wildman–Crippen LogP) is 3.21. The van der Waals surface area contributed by atoms with Crippen LogP contribution in [0.4, 0.5) is 13.2 Å². The molecule has 3 rings (SSSR count). The minimum Gasteiger partial charge on any atom is -0.496 e. The Morgan fingerprint density at radius 2 is 1.96 bits per heavy atom. The number of hydrazone groups is 1. The summed E-state index contributed by atoms with van der Waals surface area (Å²) in [6.07, 6.45) is -3.23. The summed E-state index contributed by atoms with van der Waals surface area (Å²) < 4.78 is 53.8. The molecule has 2 aromatic rings. The van der Waals surface area contributed by atoms with E-state index in [1.54, 1.807) is 12.1 Å². The van der Waals surface area contributed by atoms with Gasteiger partial charge in [0.05, 0.1) is 18.9 Å². The van der Waals surface area contributed by atoms with Crippen LogP contribution in [0.3, 0.4) is 0 Å². The zero-order valence-corrected chi connectivity index (χ0v) is 13.5. The summed E-state index contributed by atoms with van der Waals surface area (Å²) in [5.74, 6) is 0.682. The van der Waals surface area contributed by atoms with Crippen LogP contribution in [0.15, 0.2) is 41.5 Å². The van der Waals surface area contributed by atoms with Gasteiger partial charge in [-0.15, -0.1) is 0 Å². The van der Waals surface area contributed by atoms with E-state index < -0.39 is 17.6 Å². The number of carbonyl (C=O) groups is 1. The summed E-state index contributed by atoms with van der Waals surface area (Å²) in [4.78, 5) is 12.0. The van der Waals surface area contributed by atoms with E-state index in [0.717, 1.165) is 18.2 Å².